The number of hydrogen-bond acceptors (Lipinski definition) is 5. The monoisotopic (exact) mass is 292 g/mol. The van der Waals surface area contributed by atoms with Gasteiger partial charge in [-0.05, 0) is 31.6 Å². The third-order valence-corrected chi connectivity index (χ3v) is 5.89. The van der Waals surface area contributed by atoms with Crippen molar-refractivity contribution >= 4 is 9.84 Å². The molecule has 3 N–H and O–H groups in total. The molecule has 114 valence electrons. The van der Waals surface area contributed by atoms with E-state index < -0.39 is 9.84 Å². The molecule has 4 atom stereocenters. The van der Waals surface area contributed by atoms with Crippen LogP contribution in [0.25, 0.3) is 0 Å². The Kier molecular flexibility index (Phi) is 6.73. The van der Waals surface area contributed by atoms with Crippen LogP contribution in [0.2, 0.25) is 0 Å². The summed E-state index contributed by atoms with van der Waals surface area (Å²) < 4.78 is 29.0. The molecule has 0 heterocycles. The lowest BCUT2D eigenvalue weighted by molar-refractivity contribution is 0.0333. The van der Waals surface area contributed by atoms with E-state index in [2.05, 4.69) is 12.3 Å². The molecule has 1 saturated carbocycles. The van der Waals surface area contributed by atoms with E-state index >= 15 is 0 Å². The van der Waals surface area contributed by atoms with Gasteiger partial charge in [0.15, 0.2) is 0 Å². The number of ether oxygens (including phenoxy) is 1. The molecule has 0 aromatic rings. The van der Waals surface area contributed by atoms with Crippen molar-refractivity contribution in [3.05, 3.63) is 0 Å². The fraction of sp³-hybridized carbons (Fsp3) is 1.00. The van der Waals surface area contributed by atoms with Crippen molar-refractivity contribution in [1.82, 2.24) is 5.43 Å². The van der Waals surface area contributed by atoms with Gasteiger partial charge in [-0.3, -0.25) is 11.3 Å². The lowest BCUT2D eigenvalue weighted by Gasteiger charge is -2.37. The second kappa shape index (κ2) is 7.57. The van der Waals surface area contributed by atoms with E-state index in [4.69, 9.17) is 10.6 Å². The van der Waals surface area contributed by atoms with Crippen LogP contribution < -0.4 is 11.3 Å². The van der Waals surface area contributed by atoms with Crippen molar-refractivity contribution in [3.63, 3.8) is 0 Å². The Labute approximate surface area is 117 Å². The molecule has 0 saturated heterocycles. The highest BCUT2D eigenvalue weighted by atomic mass is 32.2. The molecule has 5 nitrogen and oxygen atoms in total. The van der Waals surface area contributed by atoms with Crippen molar-refractivity contribution in [2.24, 2.45) is 11.8 Å². The van der Waals surface area contributed by atoms with Gasteiger partial charge in [0.1, 0.15) is 9.84 Å². The topological polar surface area (TPSA) is 81.4 Å². The zero-order valence-corrected chi connectivity index (χ0v) is 13.1. The zero-order valence-electron chi connectivity index (χ0n) is 12.3. The quantitative estimate of drug-likeness (QED) is 0.545. The molecular formula is C13H28N2O3S. The smallest absolute Gasteiger partial charge is 0.150 e. The first-order valence-corrected chi connectivity index (χ1v) is 9.07. The molecule has 0 spiro atoms. The lowest BCUT2D eigenvalue weighted by Crippen LogP contribution is -2.51. The third-order valence-electron chi connectivity index (χ3n) is 4.25. The van der Waals surface area contributed by atoms with Crippen LogP contribution in [-0.2, 0) is 14.6 Å². The summed E-state index contributed by atoms with van der Waals surface area (Å²) in [5.41, 5.74) is 2.86. The van der Waals surface area contributed by atoms with E-state index in [0.717, 1.165) is 32.1 Å². The maximum Gasteiger partial charge on any atom is 0.150 e. The van der Waals surface area contributed by atoms with Gasteiger partial charge >= 0.3 is 0 Å². The van der Waals surface area contributed by atoms with Crippen molar-refractivity contribution in [3.8, 4) is 0 Å². The highest BCUT2D eigenvalue weighted by molar-refractivity contribution is 7.91. The van der Waals surface area contributed by atoms with E-state index in [1.165, 1.54) is 6.26 Å². The molecule has 4 unspecified atom stereocenters. The molecule has 1 rings (SSSR count). The van der Waals surface area contributed by atoms with Gasteiger partial charge in [-0.2, -0.15) is 0 Å². The maximum absolute atomic E-state index is 11.7. The van der Waals surface area contributed by atoms with Gasteiger partial charge in [-0.25, -0.2) is 8.42 Å². The summed E-state index contributed by atoms with van der Waals surface area (Å²) in [6.45, 7) is 2.11. The largest absolute Gasteiger partial charge is 0.380 e. The molecule has 0 aromatic carbocycles. The van der Waals surface area contributed by atoms with Crippen molar-refractivity contribution in [2.75, 3.05) is 13.4 Å². The van der Waals surface area contributed by atoms with Crippen LogP contribution in [-0.4, -0.2) is 39.2 Å². The summed E-state index contributed by atoms with van der Waals surface area (Å²) in [7, 11) is -1.26. The molecule has 0 bridgehead atoms. The number of rotatable bonds is 7. The highest BCUT2D eigenvalue weighted by Crippen LogP contribution is 2.32. The molecule has 0 radical (unpaired) electrons. The van der Waals surface area contributed by atoms with Crippen LogP contribution in [0.1, 0.15) is 45.4 Å². The molecule has 0 aliphatic heterocycles. The van der Waals surface area contributed by atoms with Gasteiger partial charge in [0.25, 0.3) is 0 Å². The Morgan fingerprint density at radius 1 is 1.42 bits per heavy atom. The molecule has 1 aliphatic rings. The average molecular weight is 292 g/mol. The fourth-order valence-electron chi connectivity index (χ4n) is 3.17. The van der Waals surface area contributed by atoms with Crippen LogP contribution >= 0.6 is 0 Å². The minimum absolute atomic E-state index is 0.0366. The Bertz CT molecular complexity index is 359. The van der Waals surface area contributed by atoms with Crippen LogP contribution in [0.4, 0.5) is 0 Å². The lowest BCUT2D eigenvalue weighted by atomic mass is 9.81. The Morgan fingerprint density at radius 2 is 2.11 bits per heavy atom. The highest BCUT2D eigenvalue weighted by Gasteiger charge is 2.35. The zero-order chi connectivity index (χ0) is 14.5. The second-order valence-electron chi connectivity index (χ2n) is 5.63. The second-order valence-corrected chi connectivity index (χ2v) is 7.96. The number of hydrazine groups is 1. The molecule has 0 aromatic heterocycles. The molecule has 1 aliphatic carbocycles. The van der Waals surface area contributed by atoms with Crippen LogP contribution in [0.3, 0.4) is 0 Å². The summed E-state index contributed by atoms with van der Waals surface area (Å²) in [6.07, 6.45) is 6.79. The SMILES string of the molecule is CCCC(OC)C(NN)C1CCCC(S(C)(=O)=O)C1. The number of sulfone groups is 1. The molecule has 0 amide bonds. The Hall–Kier alpha value is -0.170. The van der Waals surface area contributed by atoms with Crippen molar-refractivity contribution in [1.29, 1.82) is 0 Å². The number of nitrogens with one attached hydrogen (secondary N) is 1. The minimum Gasteiger partial charge on any atom is -0.380 e. The van der Waals surface area contributed by atoms with Crippen molar-refractivity contribution in [2.45, 2.75) is 62.8 Å². The van der Waals surface area contributed by atoms with E-state index in [-0.39, 0.29) is 23.3 Å². The fourth-order valence-corrected chi connectivity index (χ4v) is 4.36. The van der Waals surface area contributed by atoms with Gasteiger partial charge in [0, 0.05) is 13.4 Å². The van der Waals surface area contributed by atoms with E-state index in [1.807, 2.05) is 0 Å². The third kappa shape index (κ3) is 4.70. The molecule has 19 heavy (non-hydrogen) atoms. The number of nitrogens with two attached hydrogens (primary N) is 1. The number of methoxy groups -OCH3 is 1. The first-order chi connectivity index (χ1) is 8.93. The predicted octanol–water partition coefficient (Wildman–Crippen LogP) is 1.24. The summed E-state index contributed by atoms with van der Waals surface area (Å²) in [5, 5.41) is -0.221. The van der Waals surface area contributed by atoms with E-state index in [1.54, 1.807) is 7.11 Å². The van der Waals surface area contributed by atoms with E-state index in [9.17, 15) is 8.42 Å². The summed E-state index contributed by atoms with van der Waals surface area (Å²) in [5.74, 6) is 5.96. The van der Waals surface area contributed by atoms with Gasteiger partial charge in [0.05, 0.1) is 17.4 Å². The van der Waals surface area contributed by atoms with Crippen LogP contribution in [0.15, 0.2) is 0 Å². The summed E-state index contributed by atoms with van der Waals surface area (Å²) >= 11 is 0. The first-order valence-electron chi connectivity index (χ1n) is 7.11. The maximum atomic E-state index is 11.7. The van der Waals surface area contributed by atoms with Crippen molar-refractivity contribution < 1.29 is 13.2 Å². The van der Waals surface area contributed by atoms with Gasteiger partial charge in [-0.15, -0.1) is 0 Å². The molecule has 6 heteroatoms. The van der Waals surface area contributed by atoms with Gasteiger partial charge in [-0.1, -0.05) is 19.8 Å². The normalized spacial score (nSPS) is 28.0. The van der Waals surface area contributed by atoms with Crippen LogP contribution in [0, 0.1) is 5.92 Å². The molecule has 1 fully saturated rings. The van der Waals surface area contributed by atoms with Gasteiger partial charge in [0.2, 0.25) is 0 Å². The minimum atomic E-state index is -2.95. The number of hydrogen-bond donors (Lipinski definition) is 2. The first kappa shape index (κ1) is 16.9. The van der Waals surface area contributed by atoms with E-state index in [0.29, 0.717) is 6.42 Å². The average Bonchev–Trinajstić information content (AvgIpc) is 2.38. The van der Waals surface area contributed by atoms with Gasteiger partial charge < -0.3 is 4.74 Å². The van der Waals surface area contributed by atoms with Crippen LogP contribution in [0.5, 0.6) is 0 Å². The Morgan fingerprint density at radius 3 is 2.58 bits per heavy atom. The Balaban J connectivity index is 2.75. The summed E-state index contributed by atoms with van der Waals surface area (Å²) in [4.78, 5) is 0. The predicted molar refractivity (Wildman–Crippen MR) is 77.4 cm³/mol. The summed E-state index contributed by atoms with van der Waals surface area (Å²) in [6, 6.07) is 0.0366. The molecular weight excluding hydrogens is 264 g/mol. The standard InChI is InChI=1S/C13H28N2O3S/c1-4-6-12(18-2)13(15-14)10-7-5-8-11(9-10)19(3,16)17/h10-13,15H,4-9,14H2,1-3H3.